The largest absolute Gasteiger partial charge is 0.346 e. The molecule has 0 spiro atoms. The average molecular weight is 288 g/mol. The maximum atomic E-state index is 12.9. The lowest BCUT2D eigenvalue weighted by atomic mass is 9.91. The van der Waals surface area contributed by atoms with Crippen LogP contribution in [-0.2, 0) is 4.79 Å². The summed E-state index contributed by atoms with van der Waals surface area (Å²) in [6.07, 6.45) is 0.729. The summed E-state index contributed by atoms with van der Waals surface area (Å²) in [6.45, 7) is 1.71. The number of halogens is 1. The van der Waals surface area contributed by atoms with Crippen LogP contribution >= 0.6 is 0 Å². The van der Waals surface area contributed by atoms with E-state index in [-0.39, 0.29) is 23.5 Å². The summed E-state index contributed by atoms with van der Waals surface area (Å²) in [6, 6.07) is 5.63. The van der Waals surface area contributed by atoms with E-state index in [2.05, 4.69) is 15.4 Å². The first-order valence-electron chi connectivity index (χ1n) is 6.55. The van der Waals surface area contributed by atoms with E-state index in [9.17, 15) is 14.0 Å². The number of rotatable bonds is 3. The van der Waals surface area contributed by atoms with Crippen molar-refractivity contribution >= 4 is 11.7 Å². The van der Waals surface area contributed by atoms with Crippen molar-refractivity contribution in [2.24, 2.45) is 0 Å². The maximum absolute atomic E-state index is 12.9. The van der Waals surface area contributed by atoms with Gasteiger partial charge in [-0.25, -0.2) is 14.1 Å². The van der Waals surface area contributed by atoms with Crippen LogP contribution in [0, 0.1) is 12.7 Å². The second-order valence-corrected chi connectivity index (χ2v) is 4.99. The van der Waals surface area contributed by atoms with Crippen LogP contribution in [0.2, 0.25) is 0 Å². The molecule has 0 unspecified atom stereocenters. The number of nitrogens with one attached hydrogen (secondary N) is 1. The van der Waals surface area contributed by atoms with Crippen molar-refractivity contribution in [1.29, 1.82) is 0 Å². The van der Waals surface area contributed by atoms with Crippen LogP contribution in [0.15, 0.2) is 24.3 Å². The predicted molar refractivity (Wildman–Crippen MR) is 71.5 cm³/mol. The Morgan fingerprint density at radius 3 is 2.62 bits per heavy atom. The van der Waals surface area contributed by atoms with Crippen molar-refractivity contribution < 1.29 is 14.0 Å². The third-order valence-electron chi connectivity index (χ3n) is 3.33. The van der Waals surface area contributed by atoms with Gasteiger partial charge in [-0.1, -0.05) is 0 Å². The van der Waals surface area contributed by atoms with Gasteiger partial charge in [-0.05, 0) is 31.2 Å². The lowest BCUT2D eigenvalue weighted by molar-refractivity contribution is -0.124. The topological polar surface area (TPSA) is 76.9 Å². The number of Topliss-reactive ketones (excluding diaryl/α,β-unsaturated/α-hetero) is 1. The molecule has 7 heteroatoms. The molecule has 21 heavy (non-hydrogen) atoms. The first-order chi connectivity index (χ1) is 10.0. The van der Waals surface area contributed by atoms with Gasteiger partial charge < -0.3 is 5.32 Å². The molecule has 1 fully saturated rings. The van der Waals surface area contributed by atoms with Gasteiger partial charge in [0.25, 0.3) is 5.91 Å². The first kappa shape index (κ1) is 13.4. The molecule has 1 saturated carbocycles. The Morgan fingerprint density at radius 1 is 1.33 bits per heavy atom. The number of aryl methyl sites for hydroxylation is 1. The Kier molecular flexibility index (Phi) is 3.25. The SMILES string of the molecule is Cc1nc(C(=O)NC2CC(=O)C2)nn1-c1ccc(F)cc1. The minimum atomic E-state index is -0.406. The van der Waals surface area contributed by atoms with Gasteiger partial charge in [0, 0.05) is 18.9 Å². The van der Waals surface area contributed by atoms with Crippen molar-refractivity contribution in [3.63, 3.8) is 0 Å². The van der Waals surface area contributed by atoms with Gasteiger partial charge in [-0.2, -0.15) is 0 Å². The highest BCUT2D eigenvalue weighted by Crippen LogP contribution is 2.15. The van der Waals surface area contributed by atoms with E-state index in [4.69, 9.17) is 0 Å². The zero-order valence-electron chi connectivity index (χ0n) is 11.3. The van der Waals surface area contributed by atoms with E-state index in [0.717, 1.165) is 0 Å². The van der Waals surface area contributed by atoms with Crippen molar-refractivity contribution in [2.75, 3.05) is 0 Å². The summed E-state index contributed by atoms with van der Waals surface area (Å²) in [5.74, 6) is -0.0468. The number of ketones is 1. The molecular formula is C14H13FN4O2. The van der Waals surface area contributed by atoms with Gasteiger partial charge in [0.1, 0.15) is 17.4 Å². The molecule has 3 rings (SSSR count). The van der Waals surface area contributed by atoms with Crippen LogP contribution in [0.5, 0.6) is 0 Å². The smallest absolute Gasteiger partial charge is 0.291 e. The van der Waals surface area contributed by atoms with Gasteiger partial charge in [-0.15, -0.1) is 5.10 Å². The molecule has 0 saturated heterocycles. The summed E-state index contributed by atoms with van der Waals surface area (Å²) in [7, 11) is 0. The maximum Gasteiger partial charge on any atom is 0.291 e. The number of hydrogen-bond acceptors (Lipinski definition) is 4. The van der Waals surface area contributed by atoms with Crippen LogP contribution in [0.3, 0.4) is 0 Å². The number of benzene rings is 1. The van der Waals surface area contributed by atoms with Crippen molar-refractivity contribution in [3.05, 3.63) is 41.7 Å². The average Bonchev–Trinajstić information content (AvgIpc) is 2.80. The third-order valence-corrected chi connectivity index (χ3v) is 3.33. The Balaban J connectivity index is 1.79. The summed E-state index contributed by atoms with van der Waals surface area (Å²) in [5, 5.41) is 6.83. The Bertz CT molecular complexity index is 700. The van der Waals surface area contributed by atoms with Crippen LogP contribution in [0.4, 0.5) is 4.39 Å². The Labute approximate surface area is 120 Å². The van der Waals surface area contributed by atoms with Gasteiger partial charge in [0.15, 0.2) is 0 Å². The highest BCUT2D eigenvalue weighted by atomic mass is 19.1. The van der Waals surface area contributed by atoms with Crippen molar-refractivity contribution in [3.8, 4) is 5.69 Å². The Morgan fingerprint density at radius 2 is 2.00 bits per heavy atom. The molecule has 0 aliphatic heterocycles. The number of nitrogens with zero attached hydrogens (tertiary/aromatic N) is 3. The van der Waals surface area contributed by atoms with Gasteiger partial charge in [0.2, 0.25) is 5.82 Å². The molecule has 2 aromatic rings. The normalized spacial score (nSPS) is 14.9. The lowest BCUT2D eigenvalue weighted by Crippen LogP contribution is -2.44. The second kappa shape index (κ2) is 5.08. The molecule has 6 nitrogen and oxygen atoms in total. The molecule has 1 heterocycles. The molecule has 0 atom stereocenters. The molecule has 108 valence electrons. The van der Waals surface area contributed by atoms with Gasteiger partial charge in [0.05, 0.1) is 5.69 Å². The second-order valence-electron chi connectivity index (χ2n) is 4.99. The van der Waals surface area contributed by atoms with E-state index in [1.165, 1.54) is 16.8 Å². The predicted octanol–water partition coefficient (Wildman–Crippen LogP) is 1.18. The molecule has 1 amide bonds. The molecule has 1 aromatic heterocycles. The molecule has 0 bridgehead atoms. The van der Waals surface area contributed by atoms with Crippen LogP contribution in [0.25, 0.3) is 5.69 Å². The number of carbonyl (C=O) groups is 2. The van der Waals surface area contributed by atoms with E-state index < -0.39 is 5.91 Å². The fourth-order valence-electron chi connectivity index (χ4n) is 2.15. The summed E-state index contributed by atoms with van der Waals surface area (Å²) < 4.78 is 14.4. The standard InChI is InChI=1S/C14H13FN4O2/c1-8-16-13(14(21)17-10-6-12(20)7-10)18-19(8)11-4-2-9(15)3-5-11/h2-5,10H,6-7H2,1H3,(H,17,21). The van der Waals surface area contributed by atoms with Crippen LogP contribution < -0.4 is 5.32 Å². The monoisotopic (exact) mass is 288 g/mol. The molecular weight excluding hydrogens is 275 g/mol. The number of aromatic nitrogens is 3. The minimum Gasteiger partial charge on any atom is -0.346 e. The highest BCUT2D eigenvalue weighted by molar-refractivity contribution is 5.93. The minimum absolute atomic E-state index is 0.0381. The van der Waals surface area contributed by atoms with Gasteiger partial charge in [-0.3, -0.25) is 9.59 Å². The summed E-state index contributed by atoms with van der Waals surface area (Å²) >= 11 is 0. The summed E-state index contributed by atoms with van der Waals surface area (Å²) in [4.78, 5) is 27.0. The fraction of sp³-hybridized carbons (Fsp3) is 0.286. The molecule has 1 N–H and O–H groups in total. The van der Waals surface area contributed by atoms with E-state index in [1.807, 2.05) is 0 Å². The third kappa shape index (κ3) is 2.67. The van der Waals surface area contributed by atoms with Crippen molar-refractivity contribution in [1.82, 2.24) is 20.1 Å². The van der Waals surface area contributed by atoms with Crippen molar-refractivity contribution in [2.45, 2.75) is 25.8 Å². The number of hydrogen-bond donors (Lipinski definition) is 1. The number of carbonyl (C=O) groups excluding carboxylic acids is 2. The van der Waals surface area contributed by atoms with E-state index in [1.54, 1.807) is 19.1 Å². The first-order valence-corrected chi connectivity index (χ1v) is 6.55. The molecule has 1 aliphatic carbocycles. The molecule has 1 aliphatic rings. The fourth-order valence-corrected chi connectivity index (χ4v) is 2.15. The lowest BCUT2D eigenvalue weighted by Gasteiger charge is -2.24. The zero-order valence-corrected chi connectivity index (χ0v) is 11.3. The highest BCUT2D eigenvalue weighted by Gasteiger charge is 2.29. The summed E-state index contributed by atoms with van der Waals surface area (Å²) in [5.41, 5.74) is 0.624. The number of amides is 1. The Hall–Kier alpha value is -2.57. The van der Waals surface area contributed by atoms with E-state index in [0.29, 0.717) is 24.4 Å². The molecule has 1 aromatic carbocycles. The molecule has 0 radical (unpaired) electrons. The van der Waals surface area contributed by atoms with Gasteiger partial charge >= 0.3 is 0 Å². The van der Waals surface area contributed by atoms with Crippen LogP contribution in [-0.4, -0.2) is 32.5 Å². The quantitative estimate of drug-likeness (QED) is 0.920. The van der Waals surface area contributed by atoms with E-state index >= 15 is 0 Å². The van der Waals surface area contributed by atoms with Crippen LogP contribution in [0.1, 0.15) is 29.3 Å². The zero-order chi connectivity index (χ0) is 15.0.